The van der Waals surface area contributed by atoms with Crippen molar-refractivity contribution in [1.82, 2.24) is 0 Å². The summed E-state index contributed by atoms with van der Waals surface area (Å²) in [5.74, 6) is 0. The normalized spacial score (nSPS) is 14.6. The summed E-state index contributed by atoms with van der Waals surface area (Å²) in [7, 11) is 0. The molecule has 1 aliphatic heterocycles. The summed E-state index contributed by atoms with van der Waals surface area (Å²) in [6.45, 7) is 0.948. The van der Waals surface area contributed by atoms with E-state index in [1.54, 1.807) is 12.1 Å². The van der Waals surface area contributed by atoms with Crippen LogP contribution < -0.4 is 5.32 Å². The summed E-state index contributed by atoms with van der Waals surface area (Å²) in [5, 5.41) is 3.33. The molecule has 3 rings (SSSR count). The molecule has 0 fully saturated rings. The SMILES string of the molecule is FC(F)(F)c1ccc(-c2cccc3c2CCCN3)cc1. The second-order valence-corrected chi connectivity index (χ2v) is 4.94. The van der Waals surface area contributed by atoms with Crippen molar-refractivity contribution in [2.45, 2.75) is 19.0 Å². The highest BCUT2D eigenvalue weighted by Crippen LogP contribution is 2.35. The van der Waals surface area contributed by atoms with Crippen molar-refractivity contribution < 1.29 is 13.2 Å². The van der Waals surface area contributed by atoms with Gasteiger partial charge in [-0.1, -0.05) is 24.3 Å². The quantitative estimate of drug-likeness (QED) is 0.794. The van der Waals surface area contributed by atoms with Crippen LogP contribution in [0.5, 0.6) is 0 Å². The monoisotopic (exact) mass is 277 g/mol. The zero-order valence-corrected chi connectivity index (χ0v) is 10.8. The van der Waals surface area contributed by atoms with E-state index < -0.39 is 11.7 Å². The molecule has 0 radical (unpaired) electrons. The third-order valence-corrected chi connectivity index (χ3v) is 3.62. The van der Waals surface area contributed by atoms with Crippen LogP contribution in [0.25, 0.3) is 11.1 Å². The lowest BCUT2D eigenvalue weighted by Crippen LogP contribution is -2.12. The standard InChI is InChI=1S/C16H14F3N/c17-16(18,19)12-8-6-11(7-9-12)13-3-1-5-15-14(13)4-2-10-20-15/h1,3,5-9,20H,2,4,10H2. The molecule has 1 nitrogen and oxygen atoms in total. The molecule has 1 N–H and O–H groups in total. The molecule has 0 amide bonds. The minimum absolute atomic E-state index is 0.607. The van der Waals surface area contributed by atoms with Crippen molar-refractivity contribution in [3.8, 4) is 11.1 Å². The Morgan fingerprint density at radius 3 is 2.40 bits per heavy atom. The third-order valence-electron chi connectivity index (χ3n) is 3.62. The first-order valence-corrected chi connectivity index (χ1v) is 6.59. The predicted molar refractivity (Wildman–Crippen MR) is 73.7 cm³/mol. The van der Waals surface area contributed by atoms with Crippen molar-refractivity contribution in [3.63, 3.8) is 0 Å². The average Bonchev–Trinajstić information content (AvgIpc) is 2.46. The summed E-state index contributed by atoms with van der Waals surface area (Å²) in [5.41, 5.74) is 3.53. The van der Waals surface area contributed by atoms with Gasteiger partial charge in [0, 0.05) is 12.2 Å². The highest BCUT2D eigenvalue weighted by Gasteiger charge is 2.30. The molecule has 2 aromatic carbocycles. The molecule has 0 spiro atoms. The molecule has 0 aromatic heterocycles. The minimum Gasteiger partial charge on any atom is -0.385 e. The summed E-state index contributed by atoms with van der Waals surface area (Å²) in [6.07, 6.45) is -2.28. The Hall–Kier alpha value is -1.97. The van der Waals surface area contributed by atoms with Crippen molar-refractivity contribution >= 4 is 5.69 Å². The molecule has 0 atom stereocenters. The van der Waals surface area contributed by atoms with E-state index in [0.717, 1.165) is 48.3 Å². The number of alkyl halides is 3. The van der Waals surface area contributed by atoms with Gasteiger partial charge in [0.15, 0.2) is 0 Å². The number of rotatable bonds is 1. The smallest absolute Gasteiger partial charge is 0.385 e. The molecular weight excluding hydrogens is 263 g/mol. The van der Waals surface area contributed by atoms with Crippen LogP contribution in [-0.2, 0) is 12.6 Å². The molecule has 0 saturated carbocycles. The molecule has 20 heavy (non-hydrogen) atoms. The molecular formula is C16H14F3N. The van der Waals surface area contributed by atoms with Gasteiger partial charge in [0.2, 0.25) is 0 Å². The molecule has 104 valence electrons. The Morgan fingerprint density at radius 2 is 1.70 bits per heavy atom. The molecule has 4 heteroatoms. The number of halogens is 3. The second kappa shape index (κ2) is 4.85. The Morgan fingerprint density at radius 1 is 0.950 bits per heavy atom. The highest BCUT2D eigenvalue weighted by molar-refractivity contribution is 5.74. The maximum Gasteiger partial charge on any atom is 0.416 e. The average molecular weight is 277 g/mol. The van der Waals surface area contributed by atoms with Crippen LogP contribution >= 0.6 is 0 Å². The molecule has 0 aliphatic carbocycles. The van der Waals surface area contributed by atoms with E-state index in [0.29, 0.717) is 0 Å². The van der Waals surface area contributed by atoms with E-state index in [4.69, 9.17) is 0 Å². The summed E-state index contributed by atoms with van der Waals surface area (Å²) in [4.78, 5) is 0. The minimum atomic E-state index is -4.28. The molecule has 1 heterocycles. The van der Waals surface area contributed by atoms with Crippen molar-refractivity contribution in [2.24, 2.45) is 0 Å². The zero-order chi connectivity index (χ0) is 14.2. The van der Waals surface area contributed by atoms with Crippen LogP contribution in [0.4, 0.5) is 18.9 Å². The summed E-state index contributed by atoms with van der Waals surface area (Å²) in [6, 6.07) is 11.3. The first-order chi connectivity index (χ1) is 9.55. The van der Waals surface area contributed by atoms with Crippen molar-refractivity contribution in [2.75, 3.05) is 11.9 Å². The Kier molecular flexibility index (Phi) is 3.16. The van der Waals surface area contributed by atoms with Gasteiger partial charge in [-0.3, -0.25) is 0 Å². The van der Waals surface area contributed by atoms with Crippen LogP contribution in [0, 0.1) is 0 Å². The van der Waals surface area contributed by atoms with Crippen LogP contribution in [0.3, 0.4) is 0 Å². The fraction of sp³-hybridized carbons (Fsp3) is 0.250. The fourth-order valence-electron chi connectivity index (χ4n) is 2.62. The fourth-order valence-corrected chi connectivity index (χ4v) is 2.62. The zero-order valence-electron chi connectivity index (χ0n) is 10.8. The molecule has 0 unspecified atom stereocenters. The number of nitrogens with one attached hydrogen (secondary N) is 1. The van der Waals surface area contributed by atoms with E-state index in [2.05, 4.69) is 5.32 Å². The first-order valence-electron chi connectivity index (χ1n) is 6.59. The van der Waals surface area contributed by atoms with Crippen LogP contribution in [0.1, 0.15) is 17.5 Å². The predicted octanol–water partition coefficient (Wildman–Crippen LogP) is 4.73. The van der Waals surface area contributed by atoms with Gasteiger partial charge in [-0.2, -0.15) is 13.2 Å². The molecule has 1 aliphatic rings. The Bertz CT molecular complexity index is 615. The Labute approximate surface area is 115 Å². The molecule has 0 bridgehead atoms. The molecule has 0 saturated heterocycles. The number of anilines is 1. The van der Waals surface area contributed by atoms with Crippen LogP contribution in [-0.4, -0.2) is 6.54 Å². The Balaban J connectivity index is 2.01. The maximum atomic E-state index is 12.6. The number of hydrogen-bond acceptors (Lipinski definition) is 1. The van der Waals surface area contributed by atoms with Gasteiger partial charge >= 0.3 is 6.18 Å². The first kappa shape index (κ1) is 13.0. The molecule has 2 aromatic rings. The van der Waals surface area contributed by atoms with Gasteiger partial charge in [0.25, 0.3) is 0 Å². The lowest BCUT2D eigenvalue weighted by Gasteiger charge is -2.21. The van der Waals surface area contributed by atoms with Gasteiger partial charge in [-0.15, -0.1) is 0 Å². The van der Waals surface area contributed by atoms with Gasteiger partial charge in [0.05, 0.1) is 5.56 Å². The number of hydrogen-bond donors (Lipinski definition) is 1. The van der Waals surface area contributed by atoms with Gasteiger partial charge in [0.1, 0.15) is 0 Å². The van der Waals surface area contributed by atoms with Gasteiger partial charge in [-0.05, 0) is 47.7 Å². The van der Waals surface area contributed by atoms with Crippen molar-refractivity contribution in [3.05, 3.63) is 53.6 Å². The van der Waals surface area contributed by atoms with E-state index >= 15 is 0 Å². The van der Waals surface area contributed by atoms with Crippen LogP contribution in [0.2, 0.25) is 0 Å². The topological polar surface area (TPSA) is 12.0 Å². The van der Waals surface area contributed by atoms with Gasteiger partial charge in [-0.25, -0.2) is 0 Å². The van der Waals surface area contributed by atoms with E-state index in [9.17, 15) is 13.2 Å². The summed E-state index contributed by atoms with van der Waals surface area (Å²) < 4.78 is 37.8. The largest absolute Gasteiger partial charge is 0.416 e. The van der Waals surface area contributed by atoms with Crippen LogP contribution in [0.15, 0.2) is 42.5 Å². The lowest BCUT2D eigenvalue weighted by atomic mass is 9.92. The number of fused-ring (bicyclic) bond motifs is 1. The summed E-state index contributed by atoms with van der Waals surface area (Å²) >= 11 is 0. The van der Waals surface area contributed by atoms with Gasteiger partial charge < -0.3 is 5.32 Å². The highest BCUT2D eigenvalue weighted by atomic mass is 19.4. The third kappa shape index (κ3) is 2.38. The van der Waals surface area contributed by atoms with E-state index in [1.165, 1.54) is 5.56 Å². The van der Waals surface area contributed by atoms with E-state index in [-0.39, 0.29) is 0 Å². The number of benzene rings is 2. The maximum absolute atomic E-state index is 12.6. The van der Waals surface area contributed by atoms with Crippen molar-refractivity contribution in [1.29, 1.82) is 0 Å². The lowest BCUT2D eigenvalue weighted by molar-refractivity contribution is -0.137. The van der Waals surface area contributed by atoms with E-state index in [1.807, 2.05) is 18.2 Å². The second-order valence-electron chi connectivity index (χ2n) is 4.94.